The number of nitriles is 1. The molecule has 1 N–H and O–H groups in total. The summed E-state index contributed by atoms with van der Waals surface area (Å²) in [5.41, 5.74) is 5.69. The third-order valence-electron chi connectivity index (χ3n) is 6.10. The summed E-state index contributed by atoms with van der Waals surface area (Å²) in [7, 11) is 0. The van der Waals surface area contributed by atoms with Crippen molar-refractivity contribution in [2.45, 2.75) is 55.7 Å². The molecule has 0 bridgehead atoms. The Morgan fingerprint density at radius 2 is 2.06 bits per heavy atom. The van der Waals surface area contributed by atoms with Crippen LogP contribution in [-0.2, 0) is 17.6 Å². The summed E-state index contributed by atoms with van der Waals surface area (Å²) in [6.45, 7) is 3.89. The van der Waals surface area contributed by atoms with E-state index in [1.165, 1.54) is 17.3 Å². The van der Waals surface area contributed by atoms with Crippen molar-refractivity contribution in [3.8, 4) is 6.07 Å². The van der Waals surface area contributed by atoms with Crippen molar-refractivity contribution < 1.29 is 4.79 Å². The number of anilines is 1. The van der Waals surface area contributed by atoms with Crippen molar-refractivity contribution in [3.05, 3.63) is 87.6 Å². The van der Waals surface area contributed by atoms with Crippen molar-refractivity contribution in [3.63, 3.8) is 0 Å². The number of nitrogens with zero attached hydrogens (tertiary/aromatic N) is 2. The van der Waals surface area contributed by atoms with Crippen LogP contribution in [0.4, 0.5) is 5.69 Å². The van der Waals surface area contributed by atoms with E-state index in [9.17, 15) is 10.1 Å². The first-order valence-electron chi connectivity index (χ1n) is 11.2. The quantitative estimate of drug-likeness (QED) is 0.403. The van der Waals surface area contributed by atoms with Crippen molar-refractivity contribution in [1.29, 1.82) is 5.26 Å². The van der Waals surface area contributed by atoms with Crippen LogP contribution in [0.2, 0.25) is 5.02 Å². The highest BCUT2D eigenvalue weighted by atomic mass is 35.5. The molecular formula is C27H26ClN3OS. The summed E-state index contributed by atoms with van der Waals surface area (Å²) >= 11 is 7.56. The third kappa shape index (κ3) is 5.40. The van der Waals surface area contributed by atoms with Gasteiger partial charge in [0.1, 0.15) is 11.1 Å². The standard InChI is InChI=1S/C27H26ClN3OS/c1-3-25(26(32)30-22-11-9-17(2)23(28)15-22)33-27-21(16-29)14-20-13-19(10-12-24(20)31-27)18-7-5-4-6-8-18/h4-9,11,14-15,19,25H,3,10,12-13H2,1-2H3,(H,30,32). The molecule has 2 unspecified atom stereocenters. The molecule has 4 nitrogen and oxygen atoms in total. The fourth-order valence-corrected chi connectivity index (χ4v) is 5.35. The van der Waals surface area contributed by atoms with Crippen LogP contribution in [0.1, 0.15) is 53.6 Å². The number of carbonyl (C=O) groups is 1. The Morgan fingerprint density at radius 3 is 2.76 bits per heavy atom. The maximum Gasteiger partial charge on any atom is 0.237 e. The maximum atomic E-state index is 12.9. The minimum Gasteiger partial charge on any atom is -0.325 e. The number of halogens is 1. The summed E-state index contributed by atoms with van der Waals surface area (Å²) in [6, 6.07) is 20.3. The Bertz CT molecular complexity index is 1210. The highest BCUT2D eigenvalue weighted by Crippen LogP contribution is 2.36. The maximum absolute atomic E-state index is 12.9. The molecule has 0 saturated heterocycles. The van der Waals surface area contributed by atoms with E-state index in [1.807, 2.05) is 38.1 Å². The van der Waals surface area contributed by atoms with Crippen molar-refractivity contribution in [2.24, 2.45) is 0 Å². The predicted octanol–water partition coefficient (Wildman–Crippen LogP) is 6.70. The highest BCUT2D eigenvalue weighted by Gasteiger charge is 2.26. The SMILES string of the molecule is CCC(Sc1nc2c(cc1C#N)CC(c1ccccc1)CC2)C(=O)Nc1ccc(C)c(Cl)c1. The van der Waals surface area contributed by atoms with Gasteiger partial charge in [0.2, 0.25) is 5.91 Å². The molecule has 1 heterocycles. The van der Waals surface area contributed by atoms with E-state index in [4.69, 9.17) is 16.6 Å². The third-order valence-corrected chi connectivity index (χ3v) is 7.87. The van der Waals surface area contributed by atoms with Gasteiger partial charge in [-0.1, -0.05) is 66.7 Å². The summed E-state index contributed by atoms with van der Waals surface area (Å²) in [6.07, 6.45) is 3.42. The number of hydrogen-bond donors (Lipinski definition) is 1. The average Bonchev–Trinajstić information content (AvgIpc) is 2.84. The summed E-state index contributed by atoms with van der Waals surface area (Å²) in [5, 5.41) is 13.6. The van der Waals surface area contributed by atoms with Crippen molar-refractivity contribution >= 4 is 35.0 Å². The first-order chi connectivity index (χ1) is 16.0. The van der Waals surface area contributed by atoms with Gasteiger partial charge in [-0.05, 0) is 73.4 Å². The molecule has 0 radical (unpaired) electrons. The molecule has 1 aliphatic rings. The second-order valence-electron chi connectivity index (χ2n) is 8.38. The van der Waals surface area contributed by atoms with Crippen molar-refractivity contribution in [1.82, 2.24) is 4.98 Å². The molecule has 2 aromatic carbocycles. The van der Waals surface area contributed by atoms with Crippen LogP contribution in [0, 0.1) is 18.3 Å². The number of thioether (sulfide) groups is 1. The van der Waals surface area contributed by atoms with Crippen LogP contribution in [0.15, 0.2) is 59.6 Å². The zero-order chi connectivity index (χ0) is 23.4. The normalized spacial score (nSPS) is 15.9. The lowest BCUT2D eigenvalue weighted by molar-refractivity contribution is -0.115. The predicted molar refractivity (Wildman–Crippen MR) is 135 cm³/mol. The molecular weight excluding hydrogens is 450 g/mol. The van der Waals surface area contributed by atoms with E-state index in [2.05, 4.69) is 35.7 Å². The van der Waals surface area contributed by atoms with Gasteiger partial charge in [0.05, 0.1) is 10.8 Å². The van der Waals surface area contributed by atoms with Crippen LogP contribution in [0.3, 0.4) is 0 Å². The molecule has 0 saturated carbocycles. The number of aryl methyl sites for hydroxylation is 2. The number of benzene rings is 2. The number of pyridine rings is 1. The van der Waals surface area contributed by atoms with E-state index >= 15 is 0 Å². The van der Waals surface area contributed by atoms with E-state index in [-0.39, 0.29) is 11.2 Å². The van der Waals surface area contributed by atoms with E-state index in [0.29, 0.717) is 33.6 Å². The molecule has 1 amide bonds. The Balaban J connectivity index is 1.52. The zero-order valence-corrected chi connectivity index (χ0v) is 20.3. The van der Waals surface area contributed by atoms with E-state index in [1.54, 1.807) is 6.07 Å². The minimum atomic E-state index is -0.358. The summed E-state index contributed by atoms with van der Waals surface area (Å²) < 4.78 is 0. The molecule has 0 aliphatic heterocycles. The summed E-state index contributed by atoms with van der Waals surface area (Å²) in [4.78, 5) is 17.8. The number of aromatic nitrogens is 1. The second-order valence-corrected chi connectivity index (χ2v) is 9.98. The molecule has 168 valence electrons. The van der Waals surface area contributed by atoms with Gasteiger partial charge in [-0.3, -0.25) is 4.79 Å². The topological polar surface area (TPSA) is 65.8 Å². The van der Waals surface area contributed by atoms with Crippen LogP contribution in [0.5, 0.6) is 0 Å². The lowest BCUT2D eigenvalue weighted by Crippen LogP contribution is -2.25. The molecule has 33 heavy (non-hydrogen) atoms. The van der Waals surface area contributed by atoms with Gasteiger partial charge < -0.3 is 5.32 Å². The van der Waals surface area contributed by atoms with Crippen molar-refractivity contribution in [2.75, 3.05) is 5.32 Å². The monoisotopic (exact) mass is 475 g/mol. The summed E-state index contributed by atoms with van der Waals surface area (Å²) in [5.74, 6) is 0.330. The van der Waals surface area contributed by atoms with Crippen LogP contribution in [-0.4, -0.2) is 16.1 Å². The Morgan fingerprint density at radius 1 is 1.27 bits per heavy atom. The lowest BCUT2D eigenvalue weighted by atomic mass is 9.82. The molecule has 4 rings (SSSR count). The van der Waals surface area contributed by atoms with Crippen LogP contribution < -0.4 is 5.32 Å². The zero-order valence-electron chi connectivity index (χ0n) is 18.8. The Hall–Kier alpha value is -2.81. The van der Waals surface area contributed by atoms with Gasteiger partial charge >= 0.3 is 0 Å². The van der Waals surface area contributed by atoms with Gasteiger partial charge in [0.15, 0.2) is 0 Å². The minimum absolute atomic E-state index is 0.116. The van der Waals surface area contributed by atoms with Gasteiger partial charge in [-0.25, -0.2) is 4.98 Å². The van der Waals surface area contributed by atoms with Gasteiger partial charge in [-0.15, -0.1) is 0 Å². The smallest absolute Gasteiger partial charge is 0.237 e. The van der Waals surface area contributed by atoms with E-state index < -0.39 is 0 Å². The fourth-order valence-electron chi connectivity index (χ4n) is 4.18. The Kier molecular flexibility index (Phi) is 7.37. The molecule has 0 fully saturated rings. The van der Waals surface area contributed by atoms with Gasteiger partial charge in [-0.2, -0.15) is 5.26 Å². The van der Waals surface area contributed by atoms with Crippen LogP contribution >= 0.6 is 23.4 Å². The number of carbonyl (C=O) groups excluding carboxylic acids is 1. The number of amides is 1. The first-order valence-corrected chi connectivity index (χ1v) is 12.5. The number of nitrogens with one attached hydrogen (secondary N) is 1. The number of fused-ring (bicyclic) bond motifs is 1. The molecule has 2 atom stereocenters. The van der Waals surface area contributed by atoms with Gasteiger partial charge in [0, 0.05) is 16.4 Å². The Labute approximate surface area is 204 Å². The van der Waals surface area contributed by atoms with Crippen LogP contribution in [0.25, 0.3) is 0 Å². The first kappa shape index (κ1) is 23.4. The molecule has 1 aliphatic carbocycles. The highest BCUT2D eigenvalue weighted by molar-refractivity contribution is 8.00. The van der Waals surface area contributed by atoms with Gasteiger partial charge in [0.25, 0.3) is 0 Å². The molecule has 3 aromatic rings. The van der Waals surface area contributed by atoms with E-state index in [0.717, 1.165) is 36.1 Å². The number of rotatable bonds is 6. The fraction of sp³-hybridized carbons (Fsp3) is 0.296. The molecule has 0 spiro atoms. The number of hydrogen-bond acceptors (Lipinski definition) is 4. The average molecular weight is 476 g/mol. The second kappa shape index (κ2) is 10.4. The molecule has 1 aromatic heterocycles. The molecule has 6 heteroatoms. The largest absolute Gasteiger partial charge is 0.325 e. The lowest BCUT2D eigenvalue weighted by Gasteiger charge is -2.25.